The monoisotopic (exact) mass is 426 g/mol. The third-order valence-electron chi connectivity index (χ3n) is 5.38. The molecule has 0 spiro atoms. The van der Waals surface area contributed by atoms with Crippen molar-refractivity contribution in [2.45, 2.75) is 82.5 Å². The first-order valence-corrected chi connectivity index (χ1v) is 11.9. The van der Waals surface area contributed by atoms with Gasteiger partial charge < -0.3 is 15.3 Å². The second kappa shape index (κ2) is 14.0. The fourth-order valence-corrected chi connectivity index (χ4v) is 4.86. The number of unbranched alkanes of at least 4 members (excludes halogenated alkanes) is 3. The minimum Gasteiger partial charge on any atom is -0.481 e. The van der Waals surface area contributed by atoms with E-state index < -0.39 is 11.6 Å². The van der Waals surface area contributed by atoms with Crippen LogP contribution in [0.4, 0.5) is 0 Å². The summed E-state index contributed by atoms with van der Waals surface area (Å²) < 4.78 is 0. The van der Waals surface area contributed by atoms with E-state index in [-0.39, 0.29) is 35.9 Å². The standard InChI is InChI=1S/C23H38O5S/c1-3-4-13-23(2,28)14-9-11-19-18(10-7-5-6-8-12-22(26)27)20(25)17-21(19)29-16-15-24/h7,9-11,18-19,21,24,28H,3-6,8,12-17H2,1-2H3,(H,26,27)/t18-,19-,21-,23?/m1/s1. The van der Waals surface area contributed by atoms with Crippen LogP contribution in [0.1, 0.15) is 71.6 Å². The van der Waals surface area contributed by atoms with Gasteiger partial charge in [-0.2, -0.15) is 11.8 Å². The molecule has 0 radical (unpaired) electrons. The van der Waals surface area contributed by atoms with Crippen LogP contribution in [0.15, 0.2) is 24.3 Å². The van der Waals surface area contributed by atoms with Crippen LogP contribution in [0.3, 0.4) is 0 Å². The summed E-state index contributed by atoms with van der Waals surface area (Å²) in [5.41, 5.74) is -0.724. The molecule has 166 valence electrons. The highest BCUT2D eigenvalue weighted by molar-refractivity contribution is 8.00. The van der Waals surface area contributed by atoms with Crippen molar-refractivity contribution in [3.8, 4) is 0 Å². The SMILES string of the molecule is CCCCC(C)(O)CC=C[C@H]1[C@H](SCCO)CC(=O)[C@@H]1C=CCCCCC(=O)O. The molecule has 1 unspecified atom stereocenters. The number of hydrogen-bond donors (Lipinski definition) is 3. The Bertz CT molecular complexity index is 555. The van der Waals surface area contributed by atoms with Gasteiger partial charge in [0.25, 0.3) is 0 Å². The molecule has 0 bridgehead atoms. The van der Waals surface area contributed by atoms with E-state index in [1.165, 1.54) is 0 Å². The van der Waals surface area contributed by atoms with E-state index in [0.717, 1.165) is 32.1 Å². The fourth-order valence-electron chi connectivity index (χ4n) is 3.69. The quantitative estimate of drug-likeness (QED) is 0.266. The number of aliphatic hydroxyl groups is 2. The predicted molar refractivity (Wildman–Crippen MR) is 119 cm³/mol. The molecule has 5 nitrogen and oxygen atoms in total. The highest BCUT2D eigenvalue weighted by Crippen LogP contribution is 2.39. The lowest BCUT2D eigenvalue weighted by Gasteiger charge is -2.22. The van der Waals surface area contributed by atoms with E-state index in [9.17, 15) is 14.7 Å². The lowest BCUT2D eigenvalue weighted by Crippen LogP contribution is -2.23. The maximum absolute atomic E-state index is 12.6. The van der Waals surface area contributed by atoms with Crippen molar-refractivity contribution in [2.75, 3.05) is 12.4 Å². The van der Waals surface area contributed by atoms with Crippen LogP contribution in [0.5, 0.6) is 0 Å². The average molecular weight is 427 g/mol. The summed E-state index contributed by atoms with van der Waals surface area (Å²) >= 11 is 1.64. The largest absolute Gasteiger partial charge is 0.481 e. The lowest BCUT2D eigenvalue weighted by molar-refractivity contribution is -0.137. The Kier molecular flexibility index (Phi) is 12.5. The maximum atomic E-state index is 12.6. The van der Waals surface area contributed by atoms with Crippen molar-refractivity contribution in [1.82, 2.24) is 0 Å². The first-order chi connectivity index (χ1) is 13.8. The maximum Gasteiger partial charge on any atom is 0.303 e. The highest BCUT2D eigenvalue weighted by Gasteiger charge is 2.39. The van der Waals surface area contributed by atoms with Crippen molar-refractivity contribution < 1.29 is 24.9 Å². The van der Waals surface area contributed by atoms with E-state index in [1.807, 2.05) is 25.2 Å². The summed E-state index contributed by atoms with van der Waals surface area (Å²) in [7, 11) is 0. The Hall–Kier alpha value is -1.11. The molecule has 3 N–H and O–H groups in total. The van der Waals surface area contributed by atoms with E-state index >= 15 is 0 Å². The second-order valence-corrected chi connectivity index (χ2v) is 9.55. The molecular formula is C23H38O5S. The molecule has 0 saturated heterocycles. The molecule has 4 atom stereocenters. The van der Waals surface area contributed by atoms with Gasteiger partial charge in [0.05, 0.1) is 12.2 Å². The summed E-state index contributed by atoms with van der Waals surface area (Å²) in [6.07, 6.45) is 14.3. The van der Waals surface area contributed by atoms with Crippen LogP contribution in [-0.4, -0.2) is 50.3 Å². The smallest absolute Gasteiger partial charge is 0.303 e. The van der Waals surface area contributed by atoms with Gasteiger partial charge in [-0.15, -0.1) is 0 Å². The van der Waals surface area contributed by atoms with Crippen LogP contribution in [-0.2, 0) is 9.59 Å². The Morgan fingerprint density at radius 2 is 2.00 bits per heavy atom. The number of ketones is 1. The zero-order valence-electron chi connectivity index (χ0n) is 17.9. The van der Waals surface area contributed by atoms with Gasteiger partial charge in [0.1, 0.15) is 5.78 Å². The second-order valence-electron chi connectivity index (χ2n) is 8.21. The number of carbonyl (C=O) groups excluding carboxylic acids is 1. The van der Waals surface area contributed by atoms with Crippen LogP contribution >= 0.6 is 11.8 Å². The number of aliphatic carboxylic acids is 1. The number of aliphatic hydroxyl groups excluding tert-OH is 1. The zero-order chi connectivity index (χ0) is 21.7. The first-order valence-electron chi connectivity index (χ1n) is 10.8. The number of hydrogen-bond acceptors (Lipinski definition) is 5. The van der Waals surface area contributed by atoms with Crippen LogP contribution in [0.25, 0.3) is 0 Å². The topological polar surface area (TPSA) is 94.8 Å². The third kappa shape index (κ3) is 10.5. The van der Waals surface area contributed by atoms with Crippen molar-refractivity contribution in [2.24, 2.45) is 11.8 Å². The van der Waals surface area contributed by atoms with Gasteiger partial charge in [-0.05, 0) is 39.0 Å². The van der Waals surface area contributed by atoms with Crippen molar-refractivity contribution in [1.29, 1.82) is 0 Å². The summed E-state index contributed by atoms with van der Waals surface area (Å²) in [6, 6.07) is 0. The number of Topliss-reactive ketones (excluding diaryl/α,β-unsaturated/α-hetero) is 1. The normalized spacial score (nSPS) is 24.6. The molecule has 1 saturated carbocycles. The summed E-state index contributed by atoms with van der Waals surface area (Å²) in [5, 5.41) is 28.5. The van der Waals surface area contributed by atoms with Crippen LogP contribution in [0.2, 0.25) is 0 Å². The molecule has 6 heteroatoms. The minimum atomic E-state index is -0.774. The molecule has 1 rings (SSSR count). The summed E-state index contributed by atoms with van der Waals surface area (Å²) in [4.78, 5) is 23.2. The molecule has 0 amide bonds. The average Bonchev–Trinajstić information content (AvgIpc) is 2.95. The van der Waals surface area contributed by atoms with Gasteiger partial charge in [0.2, 0.25) is 0 Å². The van der Waals surface area contributed by atoms with Gasteiger partial charge in [-0.1, -0.05) is 44.1 Å². The third-order valence-corrected chi connectivity index (χ3v) is 6.71. The number of allylic oxidation sites excluding steroid dienone is 3. The van der Waals surface area contributed by atoms with Gasteiger partial charge in [-0.3, -0.25) is 9.59 Å². The molecule has 0 aromatic carbocycles. The Balaban J connectivity index is 2.71. The van der Waals surface area contributed by atoms with Gasteiger partial charge >= 0.3 is 5.97 Å². The molecule has 1 aliphatic rings. The summed E-state index contributed by atoms with van der Waals surface area (Å²) in [6.45, 7) is 4.07. The first kappa shape index (κ1) is 25.9. The number of rotatable bonds is 15. The Morgan fingerprint density at radius 3 is 2.66 bits per heavy atom. The van der Waals surface area contributed by atoms with Gasteiger partial charge in [0.15, 0.2) is 0 Å². The lowest BCUT2D eigenvalue weighted by atomic mass is 9.91. The van der Waals surface area contributed by atoms with E-state index in [1.54, 1.807) is 11.8 Å². The van der Waals surface area contributed by atoms with Crippen LogP contribution in [0, 0.1) is 11.8 Å². The minimum absolute atomic E-state index is 0.0660. The number of carboxylic acids is 1. The number of carbonyl (C=O) groups is 2. The number of thioether (sulfide) groups is 1. The van der Waals surface area contributed by atoms with Crippen molar-refractivity contribution in [3.05, 3.63) is 24.3 Å². The fraction of sp³-hybridized carbons (Fsp3) is 0.739. The van der Waals surface area contributed by atoms with Crippen molar-refractivity contribution >= 4 is 23.5 Å². The predicted octanol–water partition coefficient (Wildman–Crippen LogP) is 4.37. The Labute approximate surface area is 179 Å². The molecule has 0 aromatic rings. The molecule has 1 fully saturated rings. The van der Waals surface area contributed by atoms with Crippen molar-refractivity contribution in [3.63, 3.8) is 0 Å². The summed E-state index contributed by atoms with van der Waals surface area (Å²) in [5.74, 6) is -0.0561. The number of carboxylic acid groups (broad SMARTS) is 1. The highest BCUT2D eigenvalue weighted by atomic mass is 32.2. The van der Waals surface area contributed by atoms with Crippen LogP contribution < -0.4 is 0 Å². The molecule has 1 aliphatic carbocycles. The van der Waals surface area contributed by atoms with Gasteiger partial charge in [-0.25, -0.2) is 0 Å². The molecular weight excluding hydrogens is 388 g/mol. The van der Waals surface area contributed by atoms with E-state index in [0.29, 0.717) is 25.0 Å². The molecule has 0 heterocycles. The van der Waals surface area contributed by atoms with E-state index in [4.69, 9.17) is 10.2 Å². The Morgan fingerprint density at radius 1 is 1.24 bits per heavy atom. The molecule has 0 aliphatic heterocycles. The van der Waals surface area contributed by atoms with E-state index in [2.05, 4.69) is 13.0 Å². The van der Waals surface area contributed by atoms with Gasteiger partial charge in [0, 0.05) is 35.7 Å². The molecule has 29 heavy (non-hydrogen) atoms. The zero-order valence-corrected chi connectivity index (χ0v) is 18.7. The molecule has 0 aromatic heterocycles.